The third-order valence-electron chi connectivity index (χ3n) is 9.49. The predicted octanol–water partition coefficient (Wildman–Crippen LogP) is 6.22. The number of urea groups is 2. The highest BCUT2D eigenvalue weighted by molar-refractivity contribution is 7.93. The smallest absolute Gasteiger partial charge is 0.326 e. The second-order valence-electron chi connectivity index (χ2n) is 13.4. The van der Waals surface area contributed by atoms with Gasteiger partial charge in [0.15, 0.2) is 21.8 Å². The van der Waals surface area contributed by atoms with E-state index in [9.17, 15) is 36.0 Å². The third-order valence-corrected chi connectivity index (χ3v) is 15.5. The zero-order valence-electron chi connectivity index (χ0n) is 31.3. The summed E-state index contributed by atoms with van der Waals surface area (Å²) in [6, 6.07) is 3.55. The standard InChI is InChI=1S/2C18H18N6O4S2/c25-14(11-4-1-2-5-11)12-6-3-7-19-15(12)23-16(26)24-17-22-10-13(29-17)30(27,28)18-20-8-9-21-18;25-15(11-3-1-2-4-11)12-5-6-19-9-13(12)23-16(26)24-17-22-10-14(29-17)30(27,28)18-20-7-8-21-18/h3,6-11H,1-2,4-5H2,(H,20,21)(H2,19,22,23,24,26);5-11H,1-4H2,(H,20,21)(H2,22,23,24,26). The summed E-state index contributed by atoms with van der Waals surface area (Å²) in [5.74, 6) is 0.0330. The Morgan fingerprint density at radius 3 is 1.62 bits per heavy atom. The second kappa shape index (κ2) is 18.4. The summed E-state index contributed by atoms with van der Waals surface area (Å²) in [5, 5.41) is 9.89. The number of Topliss-reactive ketones (excluding diaryl/α,β-unsaturated/α-hetero) is 2. The minimum atomic E-state index is -3.84. The van der Waals surface area contributed by atoms with Gasteiger partial charge in [0.1, 0.15) is 14.2 Å². The van der Waals surface area contributed by atoms with E-state index < -0.39 is 31.7 Å². The molecule has 0 aromatic carbocycles. The molecule has 20 nitrogen and oxygen atoms in total. The molecule has 2 aliphatic carbocycles. The number of amides is 4. The Bertz CT molecular complexity index is 2520. The summed E-state index contributed by atoms with van der Waals surface area (Å²) >= 11 is 1.58. The number of nitrogens with one attached hydrogen (secondary N) is 6. The first-order chi connectivity index (χ1) is 28.9. The lowest BCUT2D eigenvalue weighted by molar-refractivity contribution is 0.0916. The quantitative estimate of drug-likeness (QED) is 0.0744. The van der Waals surface area contributed by atoms with E-state index >= 15 is 0 Å². The Hall–Kier alpha value is -6.24. The highest BCUT2D eigenvalue weighted by Crippen LogP contribution is 2.32. The van der Waals surface area contributed by atoms with Gasteiger partial charge in [0.05, 0.1) is 29.8 Å². The number of H-pyrrole nitrogens is 2. The first-order valence-corrected chi connectivity index (χ1v) is 23.0. The number of hydrogen-bond donors (Lipinski definition) is 6. The molecule has 0 radical (unpaired) electrons. The van der Waals surface area contributed by atoms with Crippen molar-refractivity contribution < 1.29 is 36.0 Å². The van der Waals surface area contributed by atoms with Crippen molar-refractivity contribution in [2.45, 2.75) is 70.1 Å². The van der Waals surface area contributed by atoms with Gasteiger partial charge in [0, 0.05) is 54.6 Å². The number of imidazole rings is 2. The van der Waals surface area contributed by atoms with Crippen molar-refractivity contribution in [3.05, 3.63) is 85.1 Å². The van der Waals surface area contributed by atoms with Crippen LogP contribution in [0.15, 0.2) is 92.7 Å². The van der Waals surface area contributed by atoms with Gasteiger partial charge < -0.3 is 15.3 Å². The van der Waals surface area contributed by atoms with Crippen LogP contribution in [0.3, 0.4) is 0 Å². The number of thiazole rings is 2. The van der Waals surface area contributed by atoms with Crippen LogP contribution in [0.1, 0.15) is 72.1 Å². The van der Waals surface area contributed by atoms with Crippen LogP contribution in [0.4, 0.5) is 31.4 Å². The van der Waals surface area contributed by atoms with Crippen LogP contribution in [0.5, 0.6) is 0 Å². The molecule has 2 fully saturated rings. The van der Waals surface area contributed by atoms with Crippen LogP contribution >= 0.6 is 22.7 Å². The molecule has 0 saturated heterocycles. The van der Waals surface area contributed by atoms with Crippen LogP contribution < -0.4 is 21.3 Å². The van der Waals surface area contributed by atoms with E-state index in [1.165, 1.54) is 43.4 Å². The van der Waals surface area contributed by atoms with Crippen LogP contribution in [-0.4, -0.2) is 80.3 Å². The van der Waals surface area contributed by atoms with Gasteiger partial charge in [-0.2, -0.15) is 0 Å². The maximum atomic E-state index is 12.7. The Morgan fingerprint density at radius 2 is 1.10 bits per heavy atom. The molecule has 6 heterocycles. The molecule has 6 aromatic rings. The molecule has 60 heavy (non-hydrogen) atoms. The SMILES string of the molecule is O=C(Nc1ncc(S(=O)(=O)c2ncc[nH]2)s1)Nc1cnccc1C(=O)C1CCCC1.O=C(Nc1ncc(S(=O)(=O)c2ncc[nH]2)s1)Nc1ncccc1C(=O)C1CCCC1. The molecule has 312 valence electrons. The number of carbonyl (C=O) groups is 4. The molecule has 8 rings (SSSR count). The number of aromatic amines is 2. The maximum Gasteiger partial charge on any atom is 0.326 e. The van der Waals surface area contributed by atoms with Gasteiger partial charge in [-0.05, 0) is 43.9 Å². The van der Waals surface area contributed by atoms with Gasteiger partial charge in [-0.25, -0.2) is 51.3 Å². The first-order valence-electron chi connectivity index (χ1n) is 18.4. The Kier molecular flexibility index (Phi) is 12.8. The average molecular weight is 893 g/mol. The fraction of sp³-hybridized carbons (Fsp3) is 0.278. The molecule has 2 saturated carbocycles. The number of rotatable bonds is 12. The molecule has 0 unspecified atom stereocenters. The van der Waals surface area contributed by atoms with Gasteiger partial charge in [0.25, 0.3) is 19.7 Å². The van der Waals surface area contributed by atoms with E-state index in [0.29, 0.717) is 16.8 Å². The van der Waals surface area contributed by atoms with Gasteiger partial charge >= 0.3 is 12.1 Å². The normalized spacial score (nSPS) is 14.5. The molecule has 6 aromatic heterocycles. The van der Waals surface area contributed by atoms with Gasteiger partial charge in [-0.1, -0.05) is 48.4 Å². The number of pyridine rings is 2. The lowest BCUT2D eigenvalue weighted by Gasteiger charge is -2.13. The summed E-state index contributed by atoms with van der Waals surface area (Å²) in [4.78, 5) is 78.8. The number of hydrogen-bond acceptors (Lipinski definition) is 16. The topological polar surface area (TPSA) is 294 Å². The van der Waals surface area contributed by atoms with Gasteiger partial charge in [-0.15, -0.1) is 0 Å². The fourth-order valence-electron chi connectivity index (χ4n) is 6.58. The summed E-state index contributed by atoms with van der Waals surface area (Å²) in [5.41, 5.74) is 1.07. The van der Waals surface area contributed by atoms with Crippen molar-refractivity contribution in [2.24, 2.45) is 11.8 Å². The van der Waals surface area contributed by atoms with Crippen molar-refractivity contribution in [3.8, 4) is 0 Å². The van der Waals surface area contributed by atoms with E-state index in [1.807, 2.05) is 0 Å². The zero-order chi connectivity index (χ0) is 42.3. The molecule has 0 atom stereocenters. The minimum absolute atomic E-state index is 0.00808. The molecular weight excluding hydrogens is 857 g/mol. The number of anilines is 4. The van der Waals surface area contributed by atoms with E-state index in [2.05, 4.69) is 61.1 Å². The third kappa shape index (κ3) is 9.62. The lowest BCUT2D eigenvalue weighted by Crippen LogP contribution is -2.23. The number of ketones is 2. The molecule has 24 heteroatoms. The summed E-state index contributed by atoms with van der Waals surface area (Å²) < 4.78 is 49.6. The summed E-state index contributed by atoms with van der Waals surface area (Å²) in [6.07, 6.45) is 19.6. The minimum Gasteiger partial charge on any atom is -0.335 e. The van der Waals surface area contributed by atoms with Crippen LogP contribution in [0, 0.1) is 11.8 Å². The van der Waals surface area contributed by atoms with Crippen molar-refractivity contribution in [1.82, 2.24) is 39.9 Å². The molecule has 0 bridgehead atoms. The zero-order valence-corrected chi connectivity index (χ0v) is 34.6. The van der Waals surface area contributed by atoms with Crippen LogP contribution in [0.2, 0.25) is 0 Å². The second-order valence-corrected chi connectivity index (χ2v) is 19.7. The fourth-order valence-corrected chi connectivity index (χ4v) is 11.1. The Balaban J connectivity index is 0.000000181. The van der Waals surface area contributed by atoms with E-state index in [1.54, 1.807) is 18.2 Å². The highest BCUT2D eigenvalue weighted by Gasteiger charge is 2.29. The summed E-state index contributed by atoms with van der Waals surface area (Å²) in [6.45, 7) is 0. The van der Waals surface area contributed by atoms with Crippen LogP contribution in [-0.2, 0) is 19.7 Å². The molecule has 0 spiro atoms. The molecule has 4 amide bonds. The summed E-state index contributed by atoms with van der Waals surface area (Å²) in [7, 11) is -7.67. The number of sulfone groups is 2. The molecular formula is C36H36N12O8S4. The van der Waals surface area contributed by atoms with Crippen LogP contribution in [0.25, 0.3) is 0 Å². The Morgan fingerprint density at radius 1 is 0.583 bits per heavy atom. The monoisotopic (exact) mass is 892 g/mol. The van der Waals surface area contributed by atoms with E-state index in [-0.39, 0.29) is 58.2 Å². The first kappa shape index (κ1) is 41.9. The van der Waals surface area contributed by atoms with Crippen molar-refractivity contribution in [1.29, 1.82) is 0 Å². The van der Waals surface area contributed by atoms with Gasteiger partial charge in [-0.3, -0.25) is 30.5 Å². The van der Waals surface area contributed by atoms with Crippen molar-refractivity contribution >= 4 is 87.7 Å². The Labute approximate surface area is 350 Å². The van der Waals surface area contributed by atoms with Crippen molar-refractivity contribution in [3.63, 3.8) is 0 Å². The van der Waals surface area contributed by atoms with Gasteiger partial charge in [0.2, 0.25) is 10.3 Å². The molecule has 0 aliphatic heterocycles. The van der Waals surface area contributed by atoms with E-state index in [0.717, 1.165) is 86.4 Å². The van der Waals surface area contributed by atoms with E-state index in [4.69, 9.17) is 0 Å². The lowest BCUT2D eigenvalue weighted by atomic mass is 9.96. The van der Waals surface area contributed by atoms with Crippen molar-refractivity contribution in [2.75, 3.05) is 21.3 Å². The largest absolute Gasteiger partial charge is 0.335 e. The molecule has 6 N–H and O–H groups in total. The predicted molar refractivity (Wildman–Crippen MR) is 219 cm³/mol. The number of aromatic nitrogens is 8. The highest BCUT2D eigenvalue weighted by atomic mass is 32.2. The molecule has 2 aliphatic rings. The number of nitrogens with zero attached hydrogens (tertiary/aromatic N) is 6. The maximum absolute atomic E-state index is 12.7. The average Bonchev–Trinajstić information content (AvgIpc) is 4.09. The number of carbonyl (C=O) groups excluding carboxylic acids is 4.